The number of hydrogen-bond acceptors (Lipinski definition) is 5. The molecule has 3 rings (SSSR count). The Balaban J connectivity index is 1.72. The van der Waals surface area contributed by atoms with Gasteiger partial charge in [0.25, 0.3) is 0 Å². The third-order valence-electron chi connectivity index (χ3n) is 3.95. The maximum atomic E-state index is 12.4. The monoisotopic (exact) mass is 390 g/mol. The fourth-order valence-corrected chi connectivity index (χ4v) is 3.94. The van der Waals surface area contributed by atoms with E-state index >= 15 is 0 Å². The molecule has 0 unspecified atom stereocenters. The molecule has 5 nitrogen and oxygen atoms in total. The molecule has 1 aromatic heterocycles. The van der Waals surface area contributed by atoms with Gasteiger partial charge in [-0.15, -0.1) is 0 Å². The summed E-state index contributed by atoms with van der Waals surface area (Å²) >= 11 is 5.82. The Bertz CT molecular complexity index is 978. The number of benzene rings is 2. The van der Waals surface area contributed by atoms with E-state index in [2.05, 4.69) is 24.0 Å². The van der Waals surface area contributed by atoms with Crippen LogP contribution in [-0.2, 0) is 21.3 Å². The predicted molar refractivity (Wildman–Crippen MR) is 102 cm³/mol. The molecule has 0 saturated heterocycles. The number of sulfone groups is 1. The van der Waals surface area contributed by atoms with Crippen molar-refractivity contribution in [3.63, 3.8) is 0 Å². The van der Waals surface area contributed by atoms with E-state index in [4.69, 9.17) is 16.1 Å². The lowest BCUT2D eigenvalue weighted by atomic mass is 10.0. The van der Waals surface area contributed by atoms with Crippen molar-refractivity contribution in [2.45, 2.75) is 31.3 Å². The van der Waals surface area contributed by atoms with Crippen LogP contribution in [0.5, 0.6) is 0 Å². The second-order valence-corrected chi connectivity index (χ2v) is 8.95. The highest BCUT2D eigenvalue weighted by atomic mass is 35.5. The Hall–Kier alpha value is -2.18. The Labute approximate surface area is 157 Å². The van der Waals surface area contributed by atoms with Crippen LogP contribution in [0.3, 0.4) is 0 Å². The first-order valence-corrected chi connectivity index (χ1v) is 10.4. The van der Waals surface area contributed by atoms with Crippen LogP contribution in [0.2, 0.25) is 5.02 Å². The van der Waals surface area contributed by atoms with E-state index < -0.39 is 9.84 Å². The minimum absolute atomic E-state index is 0.0851. The van der Waals surface area contributed by atoms with Crippen molar-refractivity contribution in [1.82, 2.24) is 10.1 Å². The molecule has 26 heavy (non-hydrogen) atoms. The molecule has 0 radical (unpaired) electrons. The van der Waals surface area contributed by atoms with Gasteiger partial charge in [0.15, 0.2) is 9.84 Å². The smallest absolute Gasteiger partial charge is 0.242 e. The highest BCUT2D eigenvalue weighted by molar-refractivity contribution is 7.89. The first kappa shape index (κ1) is 18.6. The minimum Gasteiger partial charge on any atom is -0.338 e. The largest absolute Gasteiger partial charge is 0.338 e. The van der Waals surface area contributed by atoms with Crippen molar-refractivity contribution in [2.75, 3.05) is 0 Å². The van der Waals surface area contributed by atoms with Crippen LogP contribution in [0.25, 0.3) is 11.4 Å². The summed E-state index contributed by atoms with van der Waals surface area (Å²) in [5.41, 5.74) is 2.67. The van der Waals surface area contributed by atoms with Crippen LogP contribution < -0.4 is 0 Å². The molecule has 0 atom stereocenters. The normalized spacial score (nSPS) is 11.8. The van der Waals surface area contributed by atoms with Gasteiger partial charge in [-0.2, -0.15) is 4.98 Å². The van der Waals surface area contributed by atoms with E-state index in [0.29, 0.717) is 22.3 Å². The average molecular weight is 391 g/mol. The van der Waals surface area contributed by atoms with E-state index in [1.807, 2.05) is 24.3 Å². The van der Waals surface area contributed by atoms with Crippen molar-refractivity contribution >= 4 is 21.4 Å². The van der Waals surface area contributed by atoms with E-state index in [1.54, 1.807) is 24.3 Å². The molecule has 136 valence electrons. The van der Waals surface area contributed by atoms with Gasteiger partial charge in [-0.1, -0.05) is 67.0 Å². The van der Waals surface area contributed by atoms with Gasteiger partial charge in [0.1, 0.15) is 5.75 Å². The Morgan fingerprint density at radius 1 is 1.00 bits per heavy atom. The molecular weight excluding hydrogens is 372 g/mol. The Kier molecular flexibility index (Phi) is 5.44. The van der Waals surface area contributed by atoms with Crippen molar-refractivity contribution in [3.8, 4) is 11.4 Å². The van der Waals surface area contributed by atoms with Gasteiger partial charge < -0.3 is 4.52 Å². The highest BCUT2D eigenvalue weighted by Crippen LogP contribution is 2.21. The number of hydrogen-bond donors (Lipinski definition) is 0. The lowest BCUT2D eigenvalue weighted by molar-refractivity contribution is 0.389. The topological polar surface area (TPSA) is 73.1 Å². The maximum Gasteiger partial charge on any atom is 0.242 e. The zero-order valence-electron chi connectivity index (χ0n) is 14.5. The summed E-state index contributed by atoms with van der Waals surface area (Å²) in [6.07, 6.45) is 0. The van der Waals surface area contributed by atoms with Gasteiger partial charge in [-0.3, -0.25) is 0 Å². The van der Waals surface area contributed by atoms with Gasteiger partial charge in [0.05, 0.1) is 5.75 Å². The fraction of sp³-hybridized carbons (Fsp3) is 0.263. The Morgan fingerprint density at radius 3 is 2.27 bits per heavy atom. The predicted octanol–water partition coefficient (Wildman–Crippen LogP) is 4.63. The molecule has 3 aromatic rings. The van der Waals surface area contributed by atoms with Gasteiger partial charge in [-0.25, -0.2) is 8.42 Å². The molecule has 0 aliphatic rings. The molecule has 0 N–H and O–H groups in total. The SMILES string of the molecule is CC(C)c1ccc(-c2noc(CS(=O)(=O)Cc3ccc(Cl)cc3)n2)cc1. The summed E-state index contributed by atoms with van der Waals surface area (Å²) in [5.74, 6) is 0.499. The molecule has 0 spiro atoms. The van der Waals surface area contributed by atoms with E-state index in [9.17, 15) is 8.42 Å². The number of rotatable bonds is 6. The molecule has 7 heteroatoms. The van der Waals surface area contributed by atoms with Gasteiger partial charge >= 0.3 is 0 Å². The first-order chi connectivity index (χ1) is 12.3. The van der Waals surface area contributed by atoms with Crippen molar-refractivity contribution in [1.29, 1.82) is 0 Å². The van der Waals surface area contributed by atoms with E-state index in [0.717, 1.165) is 5.56 Å². The molecule has 0 fully saturated rings. The number of nitrogens with zero attached hydrogens (tertiary/aromatic N) is 2. The molecule has 0 bridgehead atoms. The average Bonchev–Trinajstić information content (AvgIpc) is 3.04. The van der Waals surface area contributed by atoms with Gasteiger partial charge in [-0.05, 0) is 29.2 Å². The minimum atomic E-state index is -3.43. The van der Waals surface area contributed by atoms with Crippen LogP contribution in [0.15, 0.2) is 53.1 Å². The van der Waals surface area contributed by atoms with Crippen LogP contribution in [-0.4, -0.2) is 18.6 Å². The molecule has 0 saturated carbocycles. The van der Waals surface area contributed by atoms with Crippen LogP contribution in [0.4, 0.5) is 0 Å². The van der Waals surface area contributed by atoms with Crippen molar-refractivity contribution in [3.05, 3.63) is 70.6 Å². The molecule has 0 amide bonds. The zero-order chi connectivity index (χ0) is 18.7. The summed E-state index contributed by atoms with van der Waals surface area (Å²) < 4.78 is 29.8. The Morgan fingerprint density at radius 2 is 1.65 bits per heavy atom. The summed E-state index contributed by atoms with van der Waals surface area (Å²) in [4.78, 5) is 4.22. The maximum absolute atomic E-state index is 12.4. The molecule has 0 aliphatic heterocycles. The lowest BCUT2D eigenvalue weighted by Crippen LogP contribution is -2.07. The molecule has 2 aromatic carbocycles. The second kappa shape index (κ2) is 7.60. The second-order valence-electron chi connectivity index (χ2n) is 6.45. The number of aromatic nitrogens is 2. The van der Waals surface area contributed by atoms with Crippen molar-refractivity contribution in [2.24, 2.45) is 0 Å². The third-order valence-corrected chi connectivity index (χ3v) is 5.66. The first-order valence-electron chi connectivity index (χ1n) is 8.20. The van der Waals surface area contributed by atoms with Gasteiger partial charge in [0.2, 0.25) is 11.7 Å². The third kappa shape index (κ3) is 4.71. The van der Waals surface area contributed by atoms with Crippen molar-refractivity contribution < 1.29 is 12.9 Å². The van der Waals surface area contributed by atoms with Gasteiger partial charge in [0, 0.05) is 10.6 Å². The molecular formula is C19H19ClN2O3S. The van der Waals surface area contributed by atoms with Crippen LogP contribution in [0, 0.1) is 0 Å². The van der Waals surface area contributed by atoms with E-state index in [-0.39, 0.29) is 17.4 Å². The molecule has 1 heterocycles. The number of halogens is 1. The highest BCUT2D eigenvalue weighted by Gasteiger charge is 2.19. The summed E-state index contributed by atoms with van der Waals surface area (Å²) in [7, 11) is -3.43. The standard InChI is InChI=1S/C19H19ClN2O3S/c1-13(2)15-5-7-16(8-6-15)19-21-18(25-22-19)12-26(23,24)11-14-3-9-17(20)10-4-14/h3-10,13H,11-12H2,1-2H3. The van der Waals surface area contributed by atoms with E-state index in [1.165, 1.54) is 5.56 Å². The quantitative estimate of drug-likeness (QED) is 0.613. The zero-order valence-corrected chi connectivity index (χ0v) is 16.1. The summed E-state index contributed by atoms with van der Waals surface area (Å²) in [6, 6.07) is 14.5. The van der Waals surface area contributed by atoms with Crippen LogP contribution in [0.1, 0.15) is 36.8 Å². The summed E-state index contributed by atoms with van der Waals surface area (Å²) in [6.45, 7) is 4.24. The van der Waals surface area contributed by atoms with Crippen LogP contribution >= 0.6 is 11.6 Å². The summed E-state index contributed by atoms with van der Waals surface area (Å²) in [5, 5.41) is 4.46. The fourth-order valence-electron chi connectivity index (χ4n) is 2.52. The lowest BCUT2D eigenvalue weighted by Gasteiger charge is -2.04. The molecule has 0 aliphatic carbocycles.